The van der Waals surface area contributed by atoms with Crippen LogP contribution in [0.3, 0.4) is 0 Å². The van der Waals surface area contributed by atoms with Gasteiger partial charge >= 0.3 is 11.8 Å². The summed E-state index contributed by atoms with van der Waals surface area (Å²) in [6, 6.07) is 7.45. The van der Waals surface area contributed by atoms with Gasteiger partial charge in [-0.1, -0.05) is 0 Å². The van der Waals surface area contributed by atoms with Crippen molar-refractivity contribution in [2.75, 3.05) is 36.4 Å². The number of nitrogens with zero attached hydrogens (tertiary/aromatic N) is 3. The van der Waals surface area contributed by atoms with Crippen molar-refractivity contribution < 1.29 is 9.59 Å². The maximum atomic E-state index is 12.3. The number of hydrogen-bond donors (Lipinski definition) is 4. The van der Waals surface area contributed by atoms with Crippen molar-refractivity contribution in [3.63, 3.8) is 0 Å². The number of carbonyl (C=O) groups excluding carboxylic acids is 2. The van der Waals surface area contributed by atoms with E-state index in [2.05, 4.69) is 36.0 Å². The first-order valence-corrected chi connectivity index (χ1v) is 9.53. The highest BCUT2D eigenvalue weighted by atomic mass is 16.2. The summed E-state index contributed by atoms with van der Waals surface area (Å²) in [5.41, 5.74) is 3.20. The Labute approximate surface area is 167 Å². The van der Waals surface area contributed by atoms with Crippen LogP contribution in [0.2, 0.25) is 0 Å². The van der Waals surface area contributed by atoms with Crippen molar-refractivity contribution in [2.24, 2.45) is 0 Å². The number of aromatic nitrogens is 3. The van der Waals surface area contributed by atoms with Gasteiger partial charge < -0.3 is 20.9 Å². The number of carbonyl (C=O) groups is 2. The van der Waals surface area contributed by atoms with Crippen molar-refractivity contribution >= 4 is 34.2 Å². The molecule has 0 spiro atoms. The van der Waals surface area contributed by atoms with Gasteiger partial charge in [0.05, 0.1) is 11.7 Å². The molecule has 4 N–H and O–H groups in total. The Morgan fingerprint density at radius 3 is 2.83 bits per heavy atom. The molecule has 2 amide bonds. The number of aryl methyl sites for hydroxylation is 1. The maximum Gasteiger partial charge on any atom is 0.313 e. The van der Waals surface area contributed by atoms with Gasteiger partial charge in [-0.2, -0.15) is 5.10 Å². The lowest BCUT2D eigenvalue weighted by molar-refractivity contribution is -0.136. The molecular formula is C20H23N7O2. The molecule has 0 bridgehead atoms. The van der Waals surface area contributed by atoms with E-state index < -0.39 is 11.8 Å². The van der Waals surface area contributed by atoms with Crippen LogP contribution in [0.25, 0.3) is 10.9 Å². The van der Waals surface area contributed by atoms with Crippen molar-refractivity contribution in [2.45, 2.75) is 13.5 Å². The van der Waals surface area contributed by atoms with Crippen LogP contribution in [0.1, 0.15) is 11.1 Å². The fraction of sp³-hybridized carbons (Fsp3) is 0.300. The SMILES string of the molecule is Cc1cc2[nH]ncc2cc1NC(=O)C(=O)NCc1ccnc(N2CCNCC2)c1. The Balaban J connectivity index is 1.36. The third kappa shape index (κ3) is 4.35. The van der Waals surface area contributed by atoms with Gasteiger partial charge in [-0.15, -0.1) is 0 Å². The largest absolute Gasteiger partial charge is 0.354 e. The van der Waals surface area contributed by atoms with E-state index in [1.807, 2.05) is 25.1 Å². The molecule has 9 nitrogen and oxygen atoms in total. The Kier molecular flexibility index (Phi) is 5.39. The summed E-state index contributed by atoms with van der Waals surface area (Å²) in [7, 11) is 0. The molecule has 1 aliphatic rings. The number of rotatable bonds is 4. The molecular weight excluding hydrogens is 370 g/mol. The molecule has 1 fully saturated rings. The normalized spacial score (nSPS) is 14.0. The zero-order valence-corrected chi connectivity index (χ0v) is 16.2. The van der Waals surface area contributed by atoms with Crippen LogP contribution in [0, 0.1) is 6.92 Å². The summed E-state index contributed by atoms with van der Waals surface area (Å²) >= 11 is 0. The zero-order valence-electron chi connectivity index (χ0n) is 16.2. The van der Waals surface area contributed by atoms with Gasteiger partial charge in [-0.05, 0) is 42.3 Å². The predicted octanol–water partition coefficient (Wildman–Crippen LogP) is 0.931. The van der Waals surface area contributed by atoms with Gasteiger partial charge in [-0.25, -0.2) is 4.98 Å². The molecule has 0 atom stereocenters. The van der Waals surface area contributed by atoms with Crippen molar-refractivity contribution in [3.8, 4) is 0 Å². The number of amides is 2. The van der Waals surface area contributed by atoms with E-state index in [1.165, 1.54) is 0 Å². The van der Waals surface area contributed by atoms with E-state index >= 15 is 0 Å². The third-order valence-corrected chi connectivity index (χ3v) is 4.94. The van der Waals surface area contributed by atoms with Gasteiger partial charge in [0, 0.05) is 50.0 Å². The average Bonchev–Trinajstić information content (AvgIpc) is 3.20. The zero-order chi connectivity index (χ0) is 20.2. The van der Waals surface area contributed by atoms with Crippen LogP contribution in [-0.4, -0.2) is 53.2 Å². The van der Waals surface area contributed by atoms with E-state index in [9.17, 15) is 9.59 Å². The maximum absolute atomic E-state index is 12.3. The molecule has 3 heterocycles. The van der Waals surface area contributed by atoms with E-state index in [-0.39, 0.29) is 6.54 Å². The standard InChI is InChI=1S/C20H23N7O2/c1-13-8-17-15(12-24-26-17)10-16(13)25-20(29)19(28)23-11-14-2-3-22-18(9-14)27-6-4-21-5-7-27/h2-3,8-10,12,21H,4-7,11H2,1H3,(H,23,28)(H,24,26)(H,25,29). The molecule has 1 aliphatic heterocycles. The first kappa shape index (κ1) is 18.9. The molecule has 1 aromatic carbocycles. The first-order chi connectivity index (χ1) is 14.1. The molecule has 0 aliphatic carbocycles. The van der Waals surface area contributed by atoms with Crippen LogP contribution >= 0.6 is 0 Å². The minimum Gasteiger partial charge on any atom is -0.354 e. The number of fused-ring (bicyclic) bond motifs is 1. The topological polar surface area (TPSA) is 115 Å². The minimum absolute atomic E-state index is 0.258. The van der Waals surface area contributed by atoms with Gasteiger partial charge in [0.2, 0.25) is 0 Å². The van der Waals surface area contributed by atoms with Crippen LogP contribution in [0.15, 0.2) is 36.7 Å². The number of benzene rings is 1. The summed E-state index contributed by atoms with van der Waals surface area (Å²) < 4.78 is 0. The second kappa shape index (κ2) is 8.27. The number of H-pyrrole nitrogens is 1. The monoisotopic (exact) mass is 393 g/mol. The van der Waals surface area contributed by atoms with E-state index in [0.717, 1.165) is 54.0 Å². The summed E-state index contributed by atoms with van der Waals surface area (Å²) in [5.74, 6) is -0.503. The highest BCUT2D eigenvalue weighted by molar-refractivity contribution is 6.39. The van der Waals surface area contributed by atoms with Gasteiger partial charge in [0.15, 0.2) is 0 Å². The Morgan fingerprint density at radius 1 is 1.17 bits per heavy atom. The number of aromatic amines is 1. The highest BCUT2D eigenvalue weighted by Gasteiger charge is 2.16. The van der Waals surface area contributed by atoms with Crippen LogP contribution in [-0.2, 0) is 16.1 Å². The fourth-order valence-electron chi connectivity index (χ4n) is 3.31. The summed E-state index contributed by atoms with van der Waals surface area (Å²) in [6.45, 7) is 5.76. The molecule has 3 aromatic rings. The van der Waals surface area contributed by atoms with Crippen LogP contribution in [0.4, 0.5) is 11.5 Å². The highest BCUT2D eigenvalue weighted by Crippen LogP contribution is 2.21. The predicted molar refractivity (Wildman–Crippen MR) is 111 cm³/mol. The van der Waals surface area contributed by atoms with Crippen LogP contribution < -0.4 is 20.9 Å². The minimum atomic E-state index is -0.702. The molecule has 29 heavy (non-hydrogen) atoms. The lowest BCUT2D eigenvalue weighted by Crippen LogP contribution is -2.43. The summed E-state index contributed by atoms with van der Waals surface area (Å²) in [4.78, 5) is 31.2. The quantitative estimate of drug-likeness (QED) is 0.490. The fourth-order valence-corrected chi connectivity index (χ4v) is 3.31. The molecule has 0 radical (unpaired) electrons. The average molecular weight is 393 g/mol. The molecule has 0 saturated carbocycles. The molecule has 9 heteroatoms. The van der Waals surface area contributed by atoms with E-state index in [4.69, 9.17) is 0 Å². The van der Waals surface area contributed by atoms with Crippen molar-refractivity contribution in [1.82, 2.24) is 25.8 Å². The third-order valence-electron chi connectivity index (χ3n) is 4.94. The first-order valence-electron chi connectivity index (χ1n) is 9.53. The smallest absolute Gasteiger partial charge is 0.313 e. The van der Waals surface area contributed by atoms with Crippen molar-refractivity contribution in [1.29, 1.82) is 0 Å². The second-order valence-electron chi connectivity index (χ2n) is 7.02. The van der Waals surface area contributed by atoms with Crippen LogP contribution in [0.5, 0.6) is 0 Å². The number of piperazine rings is 1. The number of pyridine rings is 1. The Bertz CT molecular complexity index is 1040. The molecule has 150 valence electrons. The molecule has 4 rings (SSSR count). The molecule has 1 saturated heterocycles. The molecule has 2 aromatic heterocycles. The second-order valence-corrected chi connectivity index (χ2v) is 7.02. The van der Waals surface area contributed by atoms with E-state index in [1.54, 1.807) is 18.5 Å². The molecule has 0 unspecified atom stereocenters. The van der Waals surface area contributed by atoms with Gasteiger partial charge in [-0.3, -0.25) is 14.7 Å². The summed E-state index contributed by atoms with van der Waals surface area (Å²) in [5, 5.41) is 16.4. The van der Waals surface area contributed by atoms with Crippen molar-refractivity contribution in [3.05, 3.63) is 47.8 Å². The summed E-state index contributed by atoms with van der Waals surface area (Å²) in [6.07, 6.45) is 3.40. The van der Waals surface area contributed by atoms with Gasteiger partial charge in [0.1, 0.15) is 5.82 Å². The van der Waals surface area contributed by atoms with Gasteiger partial charge in [0.25, 0.3) is 0 Å². The number of hydrogen-bond acceptors (Lipinski definition) is 6. The number of nitrogens with one attached hydrogen (secondary N) is 4. The van der Waals surface area contributed by atoms with E-state index in [0.29, 0.717) is 5.69 Å². The lowest BCUT2D eigenvalue weighted by Gasteiger charge is -2.28. The Hall–Kier alpha value is -3.46. The lowest BCUT2D eigenvalue weighted by atomic mass is 10.1. The Morgan fingerprint density at radius 2 is 2.00 bits per heavy atom. The number of anilines is 2.